The second kappa shape index (κ2) is 6.98. The van der Waals surface area contributed by atoms with Gasteiger partial charge in [-0.05, 0) is 52.0 Å². The molecular weight excluding hydrogens is 248 g/mol. The summed E-state index contributed by atoms with van der Waals surface area (Å²) in [6, 6.07) is 0.343. The smallest absolute Gasteiger partial charge is 0.248 e. The van der Waals surface area contributed by atoms with Gasteiger partial charge < -0.3 is 10.1 Å². The summed E-state index contributed by atoms with van der Waals surface area (Å²) < 4.78 is 31.9. The number of rotatable bonds is 7. The van der Waals surface area contributed by atoms with Crippen LogP contribution >= 0.6 is 0 Å². The lowest BCUT2D eigenvalue weighted by Crippen LogP contribution is -2.41. The molecule has 0 amide bonds. The average Bonchev–Trinajstić information content (AvgIpc) is 2.35. The molecule has 0 saturated heterocycles. The summed E-state index contributed by atoms with van der Waals surface area (Å²) in [4.78, 5) is 0. The largest absolute Gasteiger partial charge is 0.379 e. The molecule has 2 nitrogen and oxygen atoms in total. The van der Waals surface area contributed by atoms with E-state index >= 15 is 0 Å². The van der Waals surface area contributed by atoms with Crippen LogP contribution in [0, 0.1) is 5.92 Å². The van der Waals surface area contributed by atoms with Crippen LogP contribution in [0.3, 0.4) is 0 Å². The van der Waals surface area contributed by atoms with Crippen molar-refractivity contribution in [2.24, 2.45) is 5.92 Å². The number of halogens is 2. The zero-order valence-corrected chi connectivity index (χ0v) is 12.8. The predicted molar refractivity (Wildman–Crippen MR) is 74.7 cm³/mol. The van der Waals surface area contributed by atoms with E-state index in [1.165, 1.54) is 0 Å². The zero-order valence-electron chi connectivity index (χ0n) is 12.8. The molecule has 1 N–H and O–H groups in total. The summed E-state index contributed by atoms with van der Waals surface area (Å²) in [5.74, 6) is -2.05. The molecule has 0 aliphatic heterocycles. The van der Waals surface area contributed by atoms with Crippen LogP contribution in [0.15, 0.2) is 0 Å². The Hall–Kier alpha value is -0.220. The van der Waals surface area contributed by atoms with E-state index in [9.17, 15) is 8.78 Å². The monoisotopic (exact) mass is 277 g/mol. The summed E-state index contributed by atoms with van der Waals surface area (Å²) in [5.41, 5.74) is -0.133. The first-order chi connectivity index (χ1) is 8.79. The maximum atomic E-state index is 13.2. The summed E-state index contributed by atoms with van der Waals surface area (Å²) in [5, 5.41) is 3.48. The summed E-state index contributed by atoms with van der Waals surface area (Å²) >= 11 is 0. The molecule has 0 bridgehead atoms. The van der Waals surface area contributed by atoms with Crippen molar-refractivity contribution in [2.45, 2.75) is 76.9 Å². The Morgan fingerprint density at radius 1 is 1.32 bits per heavy atom. The molecule has 0 aromatic heterocycles. The van der Waals surface area contributed by atoms with Crippen molar-refractivity contribution >= 4 is 0 Å². The quantitative estimate of drug-likeness (QED) is 0.759. The number of methoxy groups -OCH3 is 1. The van der Waals surface area contributed by atoms with E-state index in [1.807, 2.05) is 0 Å². The highest BCUT2D eigenvalue weighted by Crippen LogP contribution is 2.38. The first-order valence-electron chi connectivity index (χ1n) is 7.46. The molecule has 1 saturated carbocycles. The lowest BCUT2D eigenvalue weighted by Gasteiger charge is -2.35. The Bertz CT molecular complexity index is 259. The molecule has 0 aromatic rings. The second-order valence-electron chi connectivity index (χ2n) is 6.36. The minimum Gasteiger partial charge on any atom is -0.379 e. The molecular formula is C15H29F2NO. The van der Waals surface area contributed by atoms with Gasteiger partial charge in [0.1, 0.15) is 0 Å². The lowest BCUT2D eigenvalue weighted by atomic mass is 9.79. The van der Waals surface area contributed by atoms with Crippen LogP contribution in [0.5, 0.6) is 0 Å². The fourth-order valence-electron chi connectivity index (χ4n) is 2.84. The summed E-state index contributed by atoms with van der Waals surface area (Å²) in [6.07, 6.45) is 3.32. The van der Waals surface area contributed by atoms with Crippen molar-refractivity contribution in [3.63, 3.8) is 0 Å². The van der Waals surface area contributed by atoms with E-state index in [2.05, 4.69) is 26.1 Å². The van der Waals surface area contributed by atoms with Gasteiger partial charge in [0, 0.05) is 26.0 Å². The van der Waals surface area contributed by atoms with Crippen LogP contribution in [0.2, 0.25) is 0 Å². The highest BCUT2D eigenvalue weighted by Gasteiger charge is 2.37. The van der Waals surface area contributed by atoms with Gasteiger partial charge >= 0.3 is 0 Å². The maximum absolute atomic E-state index is 13.2. The second-order valence-corrected chi connectivity index (χ2v) is 6.36. The van der Waals surface area contributed by atoms with Gasteiger partial charge in [-0.3, -0.25) is 0 Å². The van der Waals surface area contributed by atoms with Gasteiger partial charge in [-0.2, -0.15) is 0 Å². The third-order valence-corrected chi connectivity index (χ3v) is 4.41. The highest BCUT2D eigenvalue weighted by molar-refractivity contribution is 4.86. The third kappa shape index (κ3) is 5.74. The van der Waals surface area contributed by atoms with Gasteiger partial charge in [-0.15, -0.1) is 0 Å². The Labute approximate surface area is 116 Å². The fourth-order valence-corrected chi connectivity index (χ4v) is 2.84. The van der Waals surface area contributed by atoms with Crippen LogP contribution in [-0.2, 0) is 4.74 Å². The van der Waals surface area contributed by atoms with E-state index in [4.69, 9.17) is 4.74 Å². The van der Waals surface area contributed by atoms with Crippen LogP contribution in [-0.4, -0.2) is 31.2 Å². The van der Waals surface area contributed by atoms with E-state index in [1.54, 1.807) is 7.11 Å². The molecule has 1 atom stereocenters. The van der Waals surface area contributed by atoms with Crippen LogP contribution in [0.25, 0.3) is 0 Å². The molecule has 1 aliphatic carbocycles. The number of hydrogen-bond donors (Lipinski definition) is 1. The predicted octanol–water partition coefficient (Wildman–Crippen LogP) is 4.00. The molecule has 0 radical (unpaired) electrons. The van der Waals surface area contributed by atoms with Crippen LogP contribution in [0.1, 0.15) is 59.3 Å². The topological polar surface area (TPSA) is 21.3 Å². The van der Waals surface area contributed by atoms with Gasteiger partial charge in [-0.1, -0.05) is 6.92 Å². The van der Waals surface area contributed by atoms with Crippen molar-refractivity contribution in [1.29, 1.82) is 0 Å². The number of ether oxygens (including phenoxy) is 1. The molecule has 0 spiro atoms. The van der Waals surface area contributed by atoms with Gasteiger partial charge in [0.15, 0.2) is 0 Å². The van der Waals surface area contributed by atoms with Crippen molar-refractivity contribution in [2.75, 3.05) is 13.7 Å². The van der Waals surface area contributed by atoms with E-state index < -0.39 is 5.92 Å². The number of hydrogen-bond acceptors (Lipinski definition) is 2. The van der Waals surface area contributed by atoms with Crippen molar-refractivity contribution < 1.29 is 13.5 Å². The molecule has 1 fully saturated rings. The molecule has 1 aliphatic rings. The first kappa shape index (κ1) is 16.8. The Morgan fingerprint density at radius 3 is 2.37 bits per heavy atom. The summed E-state index contributed by atoms with van der Waals surface area (Å²) in [6.45, 7) is 7.12. The van der Waals surface area contributed by atoms with E-state index in [0.717, 1.165) is 19.4 Å². The van der Waals surface area contributed by atoms with Gasteiger partial charge in [0.25, 0.3) is 0 Å². The average molecular weight is 277 g/mol. The molecule has 0 heterocycles. The Balaban J connectivity index is 2.49. The number of alkyl halides is 2. The van der Waals surface area contributed by atoms with E-state index in [0.29, 0.717) is 24.8 Å². The minimum absolute atomic E-state index is 0.0488. The van der Waals surface area contributed by atoms with E-state index in [-0.39, 0.29) is 18.4 Å². The molecule has 4 heteroatoms. The SMILES string of the molecule is CCNC(CCC(C)(C)OC)C1CCC(F)(F)CC1. The Morgan fingerprint density at radius 2 is 1.89 bits per heavy atom. The molecule has 19 heavy (non-hydrogen) atoms. The minimum atomic E-state index is -2.43. The van der Waals surface area contributed by atoms with Crippen LogP contribution in [0.4, 0.5) is 8.78 Å². The maximum Gasteiger partial charge on any atom is 0.248 e. The number of nitrogens with one attached hydrogen (secondary N) is 1. The van der Waals surface area contributed by atoms with Crippen molar-refractivity contribution in [1.82, 2.24) is 5.32 Å². The van der Waals surface area contributed by atoms with Gasteiger partial charge in [0.2, 0.25) is 5.92 Å². The standard InChI is InChI=1S/C15H29F2NO/c1-5-18-13(8-9-14(2,3)19-4)12-6-10-15(16,17)11-7-12/h12-13,18H,5-11H2,1-4H3. The van der Waals surface area contributed by atoms with Crippen molar-refractivity contribution in [3.8, 4) is 0 Å². The summed E-state index contributed by atoms with van der Waals surface area (Å²) in [7, 11) is 1.73. The molecule has 1 rings (SSSR count). The first-order valence-corrected chi connectivity index (χ1v) is 7.46. The molecule has 114 valence electrons. The fraction of sp³-hybridized carbons (Fsp3) is 1.00. The normalized spacial score (nSPS) is 22.4. The Kier molecular flexibility index (Phi) is 6.18. The van der Waals surface area contributed by atoms with Crippen LogP contribution < -0.4 is 5.32 Å². The van der Waals surface area contributed by atoms with Gasteiger partial charge in [0.05, 0.1) is 5.60 Å². The lowest BCUT2D eigenvalue weighted by molar-refractivity contribution is -0.0514. The third-order valence-electron chi connectivity index (χ3n) is 4.41. The molecule has 0 aromatic carbocycles. The molecule has 1 unspecified atom stereocenters. The van der Waals surface area contributed by atoms with Crippen molar-refractivity contribution in [3.05, 3.63) is 0 Å². The van der Waals surface area contributed by atoms with Gasteiger partial charge in [-0.25, -0.2) is 8.78 Å². The zero-order chi connectivity index (χ0) is 14.5. The highest BCUT2D eigenvalue weighted by atomic mass is 19.3.